The standard InChI is InChI=1S/C17H17Cl2N5OS/c1-23-7-3-4-12(23)9-15-21-22-17(24(15)2)26-10-16(25)20-11-5-6-13(18)14(19)8-11/h3-8H,9-10H2,1-2H3,(H,20,25). The van der Waals surface area contributed by atoms with Gasteiger partial charge in [-0.15, -0.1) is 10.2 Å². The van der Waals surface area contributed by atoms with Gasteiger partial charge in [-0.05, 0) is 30.3 Å². The number of anilines is 1. The number of nitrogens with zero attached hydrogens (tertiary/aromatic N) is 4. The first-order valence-corrected chi connectivity index (χ1v) is 9.54. The molecular formula is C17H17Cl2N5OS. The topological polar surface area (TPSA) is 64.7 Å². The van der Waals surface area contributed by atoms with Crippen LogP contribution in [0, 0.1) is 0 Å². The van der Waals surface area contributed by atoms with Crippen molar-refractivity contribution in [1.82, 2.24) is 19.3 Å². The van der Waals surface area contributed by atoms with Gasteiger partial charge in [0.25, 0.3) is 0 Å². The first kappa shape index (κ1) is 18.8. The minimum atomic E-state index is -0.152. The van der Waals surface area contributed by atoms with Crippen LogP contribution in [0.3, 0.4) is 0 Å². The van der Waals surface area contributed by atoms with Crippen molar-refractivity contribution in [2.24, 2.45) is 14.1 Å². The molecule has 3 rings (SSSR count). The number of hydrogen-bond donors (Lipinski definition) is 1. The molecule has 0 aliphatic heterocycles. The van der Waals surface area contributed by atoms with Gasteiger partial charge in [0.05, 0.1) is 15.8 Å². The van der Waals surface area contributed by atoms with E-state index in [9.17, 15) is 4.79 Å². The maximum Gasteiger partial charge on any atom is 0.234 e. The van der Waals surface area contributed by atoms with Crippen molar-refractivity contribution < 1.29 is 4.79 Å². The highest BCUT2D eigenvalue weighted by Gasteiger charge is 2.13. The fourth-order valence-electron chi connectivity index (χ4n) is 2.37. The Bertz CT molecular complexity index is 937. The summed E-state index contributed by atoms with van der Waals surface area (Å²) in [6.07, 6.45) is 2.68. The van der Waals surface area contributed by atoms with Gasteiger partial charge in [-0.1, -0.05) is 35.0 Å². The highest BCUT2D eigenvalue weighted by Crippen LogP contribution is 2.25. The van der Waals surface area contributed by atoms with Crippen molar-refractivity contribution in [3.05, 3.63) is 58.1 Å². The molecule has 0 aliphatic carbocycles. The van der Waals surface area contributed by atoms with Gasteiger partial charge in [0, 0.05) is 38.1 Å². The SMILES string of the molecule is Cn1cccc1Cc1nnc(SCC(=O)Nc2ccc(Cl)c(Cl)c2)n1C. The number of carbonyl (C=O) groups excluding carboxylic acids is 1. The maximum atomic E-state index is 12.1. The Kier molecular flexibility index (Phi) is 5.90. The molecule has 0 saturated heterocycles. The number of benzene rings is 1. The van der Waals surface area contributed by atoms with Crippen LogP contribution < -0.4 is 5.32 Å². The number of rotatable bonds is 6. The van der Waals surface area contributed by atoms with Crippen molar-refractivity contribution in [2.75, 3.05) is 11.1 Å². The predicted molar refractivity (Wildman–Crippen MR) is 105 cm³/mol. The molecule has 0 radical (unpaired) electrons. The Morgan fingerprint density at radius 2 is 2.00 bits per heavy atom. The van der Waals surface area contributed by atoms with Crippen LogP contribution in [0.4, 0.5) is 5.69 Å². The van der Waals surface area contributed by atoms with Crippen LogP contribution in [0.1, 0.15) is 11.5 Å². The van der Waals surface area contributed by atoms with Crippen LogP contribution in [0.15, 0.2) is 41.7 Å². The third-order valence-electron chi connectivity index (χ3n) is 3.85. The third kappa shape index (κ3) is 4.41. The summed E-state index contributed by atoms with van der Waals surface area (Å²) in [5.74, 6) is 0.913. The van der Waals surface area contributed by atoms with Gasteiger partial charge in [0.2, 0.25) is 5.91 Å². The van der Waals surface area contributed by atoms with E-state index in [2.05, 4.69) is 15.5 Å². The fourth-order valence-corrected chi connectivity index (χ4v) is 3.40. The lowest BCUT2D eigenvalue weighted by Crippen LogP contribution is -2.14. The van der Waals surface area contributed by atoms with Gasteiger partial charge in [0.15, 0.2) is 5.16 Å². The minimum Gasteiger partial charge on any atom is -0.354 e. The largest absolute Gasteiger partial charge is 0.354 e. The fraction of sp³-hybridized carbons (Fsp3) is 0.235. The lowest BCUT2D eigenvalue weighted by molar-refractivity contribution is -0.113. The molecule has 6 nitrogen and oxygen atoms in total. The molecule has 2 aromatic heterocycles. The van der Waals surface area contributed by atoms with E-state index < -0.39 is 0 Å². The molecule has 2 heterocycles. The first-order chi connectivity index (χ1) is 12.4. The molecule has 1 N–H and O–H groups in total. The molecule has 0 spiro atoms. The van der Waals surface area contributed by atoms with Crippen molar-refractivity contribution in [1.29, 1.82) is 0 Å². The minimum absolute atomic E-state index is 0.152. The van der Waals surface area contributed by atoms with E-state index in [0.29, 0.717) is 27.3 Å². The molecule has 0 atom stereocenters. The van der Waals surface area contributed by atoms with E-state index in [1.54, 1.807) is 18.2 Å². The molecule has 0 unspecified atom stereocenters. The van der Waals surface area contributed by atoms with Crippen molar-refractivity contribution in [3.8, 4) is 0 Å². The summed E-state index contributed by atoms with van der Waals surface area (Å²) in [6.45, 7) is 0. The summed E-state index contributed by atoms with van der Waals surface area (Å²) in [5.41, 5.74) is 1.75. The Labute approximate surface area is 165 Å². The molecule has 1 amide bonds. The lowest BCUT2D eigenvalue weighted by atomic mass is 10.3. The van der Waals surface area contributed by atoms with Crippen LogP contribution in [-0.4, -0.2) is 31.0 Å². The van der Waals surface area contributed by atoms with Gasteiger partial charge < -0.3 is 14.5 Å². The predicted octanol–water partition coefficient (Wildman–Crippen LogP) is 3.78. The number of carbonyl (C=O) groups is 1. The average molecular weight is 410 g/mol. The molecule has 136 valence electrons. The third-order valence-corrected chi connectivity index (χ3v) is 5.61. The van der Waals surface area contributed by atoms with E-state index in [0.717, 1.165) is 11.5 Å². The van der Waals surface area contributed by atoms with Crippen LogP contribution in [0.2, 0.25) is 10.0 Å². The van der Waals surface area contributed by atoms with E-state index >= 15 is 0 Å². The second-order valence-corrected chi connectivity index (χ2v) is 7.47. The molecule has 3 aromatic rings. The maximum absolute atomic E-state index is 12.1. The summed E-state index contributed by atoms with van der Waals surface area (Å²) in [4.78, 5) is 12.1. The van der Waals surface area contributed by atoms with Gasteiger partial charge in [-0.2, -0.15) is 0 Å². The molecule has 0 aliphatic rings. The van der Waals surface area contributed by atoms with Crippen LogP contribution in [-0.2, 0) is 25.3 Å². The molecule has 26 heavy (non-hydrogen) atoms. The van der Waals surface area contributed by atoms with E-state index in [4.69, 9.17) is 23.2 Å². The normalized spacial score (nSPS) is 10.9. The van der Waals surface area contributed by atoms with Crippen molar-refractivity contribution >= 4 is 46.6 Å². The number of amides is 1. The Balaban J connectivity index is 1.58. The highest BCUT2D eigenvalue weighted by atomic mass is 35.5. The number of halogens is 2. The monoisotopic (exact) mass is 409 g/mol. The highest BCUT2D eigenvalue weighted by molar-refractivity contribution is 7.99. The van der Waals surface area contributed by atoms with Gasteiger partial charge in [-0.25, -0.2) is 0 Å². The van der Waals surface area contributed by atoms with E-state index in [-0.39, 0.29) is 11.7 Å². The summed E-state index contributed by atoms with van der Waals surface area (Å²) in [6, 6.07) is 9.01. The van der Waals surface area contributed by atoms with Crippen molar-refractivity contribution in [2.45, 2.75) is 11.6 Å². The Morgan fingerprint density at radius 1 is 1.19 bits per heavy atom. The molecular weight excluding hydrogens is 393 g/mol. The number of thioether (sulfide) groups is 1. The number of aromatic nitrogens is 4. The van der Waals surface area contributed by atoms with Crippen molar-refractivity contribution in [3.63, 3.8) is 0 Å². The lowest BCUT2D eigenvalue weighted by Gasteiger charge is -2.07. The number of hydrogen-bond acceptors (Lipinski definition) is 4. The second kappa shape index (κ2) is 8.16. The zero-order valence-electron chi connectivity index (χ0n) is 14.2. The van der Waals surface area contributed by atoms with Crippen LogP contribution in [0.5, 0.6) is 0 Å². The second-order valence-electron chi connectivity index (χ2n) is 5.71. The van der Waals surface area contributed by atoms with Crippen LogP contribution >= 0.6 is 35.0 Å². The van der Waals surface area contributed by atoms with E-state index in [1.165, 1.54) is 11.8 Å². The first-order valence-electron chi connectivity index (χ1n) is 7.80. The van der Waals surface area contributed by atoms with Gasteiger partial charge in [-0.3, -0.25) is 4.79 Å². The molecule has 0 saturated carbocycles. The summed E-state index contributed by atoms with van der Waals surface area (Å²) < 4.78 is 3.95. The average Bonchev–Trinajstić information content (AvgIpc) is 3.16. The zero-order valence-corrected chi connectivity index (χ0v) is 16.6. The summed E-state index contributed by atoms with van der Waals surface area (Å²) in [5, 5.41) is 12.7. The smallest absolute Gasteiger partial charge is 0.234 e. The summed E-state index contributed by atoms with van der Waals surface area (Å²) >= 11 is 13.2. The van der Waals surface area contributed by atoms with Crippen LogP contribution in [0.25, 0.3) is 0 Å². The number of aryl methyl sites for hydroxylation is 1. The zero-order chi connectivity index (χ0) is 18.7. The van der Waals surface area contributed by atoms with E-state index in [1.807, 2.05) is 41.6 Å². The molecule has 0 fully saturated rings. The number of nitrogens with one attached hydrogen (secondary N) is 1. The molecule has 0 bridgehead atoms. The quantitative estimate of drug-likeness (QED) is 0.629. The Hall–Kier alpha value is -1.96. The van der Waals surface area contributed by atoms with Gasteiger partial charge >= 0.3 is 0 Å². The Morgan fingerprint density at radius 3 is 2.69 bits per heavy atom. The molecule has 9 heteroatoms. The summed E-state index contributed by atoms with van der Waals surface area (Å²) in [7, 11) is 3.90. The van der Waals surface area contributed by atoms with Gasteiger partial charge in [0.1, 0.15) is 5.82 Å². The molecule has 1 aromatic carbocycles.